The molecule has 27 heavy (non-hydrogen) atoms. The fourth-order valence-electron chi connectivity index (χ4n) is 3.53. The fraction of sp³-hybridized carbons (Fsp3) is 0.500. The van der Waals surface area contributed by atoms with E-state index in [1.807, 2.05) is 0 Å². The van der Waals surface area contributed by atoms with Crippen molar-refractivity contribution in [3.8, 4) is 0 Å². The van der Waals surface area contributed by atoms with Crippen molar-refractivity contribution >= 4 is 39.9 Å². The lowest BCUT2D eigenvalue weighted by atomic mass is 9.70. The molecule has 1 aliphatic heterocycles. The van der Waals surface area contributed by atoms with Gasteiger partial charge < -0.3 is 14.8 Å². The summed E-state index contributed by atoms with van der Waals surface area (Å²) < 4.78 is 29.3. The Hall–Kier alpha value is -2.03. The Morgan fingerprint density at radius 1 is 1.30 bits per heavy atom. The van der Waals surface area contributed by atoms with E-state index < -0.39 is 41.8 Å². The lowest BCUT2D eigenvalue weighted by Gasteiger charge is -2.46. The Balaban J connectivity index is 2.64. The predicted molar refractivity (Wildman–Crippen MR) is 99.0 cm³/mol. The molecule has 1 saturated heterocycles. The summed E-state index contributed by atoms with van der Waals surface area (Å²) in [5, 5.41) is 9.56. The van der Waals surface area contributed by atoms with Gasteiger partial charge in [0.25, 0.3) is 11.8 Å². The number of benzene rings is 1. The Morgan fingerprint density at radius 3 is 2.30 bits per heavy atom. The first-order valence-electron chi connectivity index (χ1n) is 8.25. The smallest absolute Gasteiger partial charge is 0.408 e. The minimum atomic E-state index is -3.35. The van der Waals surface area contributed by atoms with Crippen molar-refractivity contribution in [1.82, 2.24) is 4.90 Å². The van der Waals surface area contributed by atoms with Crippen LogP contribution in [0.1, 0.15) is 27.2 Å². The van der Waals surface area contributed by atoms with E-state index in [1.54, 1.807) is 45.0 Å². The highest BCUT2D eigenvalue weighted by Crippen LogP contribution is 2.50. The molecular weight excluding hydrogens is 426 g/mol. The molecule has 1 unspecified atom stereocenters. The number of anilines is 1. The Labute approximate surface area is 164 Å². The van der Waals surface area contributed by atoms with Gasteiger partial charge >= 0.3 is 6.09 Å². The molecule has 1 aromatic carbocycles. The lowest BCUT2D eigenvalue weighted by Crippen LogP contribution is -2.65. The number of halogens is 3. The molecule has 1 aliphatic rings. The summed E-state index contributed by atoms with van der Waals surface area (Å²) in [6.45, 7) is 3.19. The molecule has 1 atom stereocenters. The van der Waals surface area contributed by atoms with Crippen molar-refractivity contribution in [3.63, 3.8) is 0 Å². The summed E-state index contributed by atoms with van der Waals surface area (Å²) in [4.78, 5) is 38.0. The van der Waals surface area contributed by atoms with E-state index in [9.17, 15) is 28.3 Å². The monoisotopic (exact) mass is 446 g/mol. The van der Waals surface area contributed by atoms with E-state index in [0.29, 0.717) is 16.9 Å². The zero-order chi connectivity index (χ0) is 20.6. The molecule has 1 heterocycles. The summed E-state index contributed by atoms with van der Waals surface area (Å²) in [6.07, 6.45) is -2.06. The molecule has 1 N–H and O–H groups in total. The second kappa shape index (κ2) is 7.18. The molecule has 6 nitrogen and oxygen atoms in total. The van der Waals surface area contributed by atoms with Gasteiger partial charge in [-0.25, -0.2) is 13.6 Å². The molecule has 0 radical (unpaired) electrons. The van der Waals surface area contributed by atoms with Crippen LogP contribution in [-0.2, 0) is 9.59 Å². The molecule has 9 heteroatoms. The van der Waals surface area contributed by atoms with Gasteiger partial charge in [-0.05, 0) is 29.7 Å². The van der Waals surface area contributed by atoms with Gasteiger partial charge in [-0.15, -0.1) is 0 Å². The van der Waals surface area contributed by atoms with E-state index in [2.05, 4.69) is 15.9 Å². The average Bonchev–Trinajstić information content (AvgIpc) is 2.86. The number of carbonyl (C=O) groups is 3. The van der Waals surface area contributed by atoms with Crippen LogP contribution in [0, 0.1) is 5.41 Å². The number of hydrogen-bond acceptors (Lipinski definition) is 3. The van der Waals surface area contributed by atoms with Gasteiger partial charge in [0, 0.05) is 16.6 Å². The number of carbonyl (C=O) groups excluding carboxylic acids is 2. The normalized spacial score (nSPS) is 21.8. The van der Waals surface area contributed by atoms with Crippen LogP contribution in [0.15, 0.2) is 28.7 Å². The quantitative estimate of drug-likeness (QED) is 0.713. The van der Waals surface area contributed by atoms with Gasteiger partial charge in [-0.1, -0.05) is 36.7 Å². The van der Waals surface area contributed by atoms with Gasteiger partial charge in [0.15, 0.2) is 0 Å². The van der Waals surface area contributed by atoms with Crippen LogP contribution in [-0.4, -0.2) is 52.8 Å². The van der Waals surface area contributed by atoms with Crippen molar-refractivity contribution in [3.05, 3.63) is 28.7 Å². The fourth-order valence-corrected chi connectivity index (χ4v) is 3.79. The van der Waals surface area contributed by atoms with Crippen LogP contribution < -0.4 is 4.90 Å². The van der Waals surface area contributed by atoms with Crippen molar-refractivity contribution in [1.29, 1.82) is 0 Å². The van der Waals surface area contributed by atoms with Crippen LogP contribution in [0.5, 0.6) is 0 Å². The van der Waals surface area contributed by atoms with E-state index >= 15 is 0 Å². The first-order chi connectivity index (χ1) is 12.4. The molecule has 1 aromatic rings. The molecule has 0 aromatic heterocycles. The van der Waals surface area contributed by atoms with E-state index in [0.717, 1.165) is 9.37 Å². The number of amides is 2. The molecular formula is C18H21BrF2N2O4. The van der Waals surface area contributed by atoms with Crippen LogP contribution in [0.4, 0.5) is 19.3 Å². The number of rotatable bonds is 4. The summed E-state index contributed by atoms with van der Waals surface area (Å²) in [5.74, 6) is -4.20. The second-order valence-electron chi connectivity index (χ2n) is 7.57. The molecule has 0 bridgehead atoms. The second-order valence-corrected chi connectivity index (χ2v) is 8.49. The predicted octanol–water partition coefficient (Wildman–Crippen LogP) is 3.78. The van der Waals surface area contributed by atoms with Crippen LogP contribution >= 0.6 is 15.9 Å². The maximum absolute atomic E-state index is 14.3. The van der Waals surface area contributed by atoms with Crippen molar-refractivity contribution in [2.75, 3.05) is 18.0 Å². The molecule has 1 fully saturated rings. The molecule has 0 aliphatic carbocycles. The van der Waals surface area contributed by atoms with E-state index in [4.69, 9.17) is 0 Å². The number of alkyl halides is 2. The highest BCUT2D eigenvalue weighted by molar-refractivity contribution is 9.10. The third-order valence-electron chi connectivity index (χ3n) is 4.83. The first-order valence-corrected chi connectivity index (χ1v) is 9.04. The van der Waals surface area contributed by atoms with E-state index in [-0.39, 0.29) is 6.54 Å². The Morgan fingerprint density at radius 2 is 1.85 bits per heavy atom. The number of aldehydes is 1. The SMILES string of the molecule is CC(C)(C)C1(C(=O)N(CC=O)c2ccc(Br)cc2)CC(F)(F)CN1C(=O)O. The summed E-state index contributed by atoms with van der Waals surface area (Å²) >= 11 is 3.26. The average molecular weight is 447 g/mol. The molecule has 0 spiro atoms. The number of carboxylic acid groups (broad SMARTS) is 1. The summed E-state index contributed by atoms with van der Waals surface area (Å²) in [7, 11) is 0. The number of hydrogen-bond donors (Lipinski definition) is 1. The topological polar surface area (TPSA) is 77.9 Å². The van der Waals surface area contributed by atoms with Gasteiger partial charge in [0.2, 0.25) is 0 Å². The molecule has 2 rings (SSSR count). The van der Waals surface area contributed by atoms with Crippen molar-refractivity contribution in [2.24, 2.45) is 5.41 Å². The molecule has 2 amide bonds. The van der Waals surface area contributed by atoms with E-state index in [1.165, 1.54) is 0 Å². The van der Waals surface area contributed by atoms with Crippen LogP contribution in [0.2, 0.25) is 0 Å². The third-order valence-corrected chi connectivity index (χ3v) is 5.36. The minimum Gasteiger partial charge on any atom is -0.465 e. The standard InChI is InChI=1S/C18H21BrF2N2O4/c1-16(2,3)18(10-17(20,21)11-23(18)15(26)27)14(25)22(8-9-24)13-6-4-12(19)5-7-13/h4-7,9H,8,10-11H2,1-3H3,(H,26,27). The Kier molecular flexibility index (Phi) is 5.66. The van der Waals surface area contributed by atoms with Crippen LogP contribution in [0.25, 0.3) is 0 Å². The maximum atomic E-state index is 14.3. The van der Waals surface area contributed by atoms with Gasteiger partial charge in [0.05, 0.1) is 13.1 Å². The van der Waals surface area contributed by atoms with Crippen molar-refractivity contribution < 1.29 is 28.3 Å². The van der Waals surface area contributed by atoms with Crippen LogP contribution in [0.3, 0.4) is 0 Å². The lowest BCUT2D eigenvalue weighted by molar-refractivity contribution is -0.135. The van der Waals surface area contributed by atoms with Gasteiger partial charge in [0.1, 0.15) is 11.8 Å². The Bertz CT molecular complexity index is 749. The number of nitrogens with zero attached hydrogens (tertiary/aromatic N) is 2. The van der Waals surface area contributed by atoms with Gasteiger partial charge in [-0.3, -0.25) is 9.69 Å². The van der Waals surface area contributed by atoms with Gasteiger partial charge in [-0.2, -0.15) is 0 Å². The number of likely N-dealkylation sites (tertiary alicyclic amines) is 1. The highest BCUT2D eigenvalue weighted by atomic mass is 79.9. The highest BCUT2D eigenvalue weighted by Gasteiger charge is 2.66. The summed E-state index contributed by atoms with van der Waals surface area (Å²) in [5.41, 5.74) is -2.84. The van der Waals surface area contributed by atoms with Crippen molar-refractivity contribution in [2.45, 2.75) is 38.7 Å². The largest absolute Gasteiger partial charge is 0.465 e. The maximum Gasteiger partial charge on any atom is 0.408 e. The zero-order valence-corrected chi connectivity index (χ0v) is 16.8. The summed E-state index contributed by atoms with van der Waals surface area (Å²) in [6, 6.07) is 6.39. The zero-order valence-electron chi connectivity index (χ0n) is 15.2. The first kappa shape index (κ1) is 21.3. The molecule has 148 valence electrons. The molecule has 0 saturated carbocycles. The minimum absolute atomic E-state index is 0.319. The third kappa shape index (κ3) is 3.83.